The van der Waals surface area contributed by atoms with Crippen LogP contribution in [0.25, 0.3) is 0 Å². The summed E-state index contributed by atoms with van der Waals surface area (Å²) in [5, 5.41) is 8.61. The molecule has 1 atom stereocenters. The minimum absolute atomic E-state index is 0.643. The Bertz CT molecular complexity index is 305. The molecule has 0 saturated heterocycles. The van der Waals surface area contributed by atoms with E-state index in [-0.39, 0.29) is 0 Å². The summed E-state index contributed by atoms with van der Waals surface area (Å²) in [6.07, 6.45) is 10.3. The molecular weight excluding hydrogens is 194 g/mol. The van der Waals surface area contributed by atoms with Gasteiger partial charge < -0.3 is 5.32 Å². The summed E-state index contributed by atoms with van der Waals surface area (Å²) in [7, 11) is 0. The maximum absolute atomic E-state index is 3.89. The van der Waals surface area contributed by atoms with E-state index in [1.165, 1.54) is 50.1 Å². The maximum Gasteiger partial charge on any atom is 0.130 e. The molecule has 14 heavy (non-hydrogen) atoms. The molecule has 0 aromatic carbocycles. The van der Waals surface area contributed by atoms with Gasteiger partial charge in [-0.3, -0.25) is 0 Å². The van der Waals surface area contributed by atoms with Gasteiger partial charge in [-0.2, -0.15) is 0 Å². The summed E-state index contributed by atoms with van der Waals surface area (Å²) in [6, 6.07) is 0.693. The van der Waals surface area contributed by atoms with Crippen LogP contribution in [0.4, 0.5) is 5.00 Å². The Morgan fingerprint density at radius 2 is 2.21 bits per heavy atom. The number of nitrogens with zero attached hydrogens (tertiary/aromatic N) is 2. The van der Waals surface area contributed by atoms with Crippen LogP contribution in [0.2, 0.25) is 0 Å². The minimum atomic E-state index is 0.643. The van der Waals surface area contributed by atoms with Crippen molar-refractivity contribution in [3.8, 4) is 0 Å². The lowest BCUT2D eigenvalue weighted by Gasteiger charge is -2.43. The van der Waals surface area contributed by atoms with Gasteiger partial charge in [0.05, 0.1) is 6.20 Å². The highest BCUT2D eigenvalue weighted by atomic mass is 32.1. The summed E-state index contributed by atoms with van der Waals surface area (Å²) in [5.41, 5.74) is 0.643. The molecule has 1 N–H and O–H groups in total. The van der Waals surface area contributed by atoms with E-state index in [4.69, 9.17) is 0 Å². The molecule has 0 bridgehead atoms. The lowest BCUT2D eigenvalue weighted by atomic mass is 9.65. The Balaban J connectivity index is 1.72. The lowest BCUT2D eigenvalue weighted by Crippen LogP contribution is -2.41. The van der Waals surface area contributed by atoms with Crippen molar-refractivity contribution in [2.24, 2.45) is 5.41 Å². The van der Waals surface area contributed by atoms with Crippen LogP contribution < -0.4 is 5.32 Å². The summed E-state index contributed by atoms with van der Waals surface area (Å²) in [5.74, 6) is 0. The van der Waals surface area contributed by atoms with Gasteiger partial charge in [0, 0.05) is 17.6 Å². The average Bonchev–Trinajstić information content (AvgIpc) is 2.71. The minimum Gasteiger partial charge on any atom is -0.371 e. The van der Waals surface area contributed by atoms with E-state index in [0.29, 0.717) is 11.5 Å². The summed E-state index contributed by atoms with van der Waals surface area (Å²) in [4.78, 5) is 0. The highest BCUT2D eigenvalue weighted by Crippen LogP contribution is 2.54. The van der Waals surface area contributed by atoms with Gasteiger partial charge in [0.25, 0.3) is 0 Å². The molecule has 2 fully saturated rings. The van der Waals surface area contributed by atoms with Gasteiger partial charge >= 0.3 is 0 Å². The zero-order valence-corrected chi connectivity index (χ0v) is 9.02. The van der Waals surface area contributed by atoms with Gasteiger partial charge in [0.1, 0.15) is 5.00 Å². The summed E-state index contributed by atoms with van der Waals surface area (Å²) < 4.78 is 3.89. The number of nitrogens with one attached hydrogen (secondary N) is 1. The van der Waals surface area contributed by atoms with Crippen LogP contribution in [-0.2, 0) is 0 Å². The second-order valence-electron chi connectivity index (χ2n) is 4.59. The van der Waals surface area contributed by atoms with E-state index in [1.807, 2.05) is 6.20 Å². The van der Waals surface area contributed by atoms with Crippen LogP contribution in [0.1, 0.15) is 38.5 Å². The van der Waals surface area contributed by atoms with Crippen LogP contribution >= 0.6 is 11.5 Å². The molecule has 0 amide bonds. The van der Waals surface area contributed by atoms with E-state index in [9.17, 15) is 0 Å². The number of rotatable bonds is 2. The fourth-order valence-electron chi connectivity index (χ4n) is 3.00. The van der Waals surface area contributed by atoms with Crippen LogP contribution in [0, 0.1) is 5.41 Å². The monoisotopic (exact) mass is 209 g/mol. The maximum atomic E-state index is 3.89. The topological polar surface area (TPSA) is 37.8 Å². The third-order valence-electron chi connectivity index (χ3n) is 3.93. The second-order valence-corrected chi connectivity index (χ2v) is 5.37. The largest absolute Gasteiger partial charge is 0.371 e. The van der Waals surface area contributed by atoms with E-state index < -0.39 is 0 Å². The van der Waals surface area contributed by atoms with Crippen molar-refractivity contribution in [2.75, 3.05) is 5.32 Å². The average molecular weight is 209 g/mol. The molecule has 2 aliphatic carbocycles. The molecule has 76 valence electrons. The van der Waals surface area contributed by atoms with Crippen molar-refractivity contribution < 1.29 is 0 Å². The summed E-state index contributed by atoms with van der Waals surface area (Å²) >= 11 is 1.47. The van der Waals surface area contributed by atoms with Gasteiger partial charge in [0.2, 0.25) is 0 Å². The Morgan fingerprint density at radius 3 is 2.86 bits per heavy atom. The Hall–Kier alpha value is -0.640. The number of aromatic nitrogens is 2. The van der Waals surface area contributed by atoms with Crippen molar-refractivity contribution in [3.63, 3.8) is 0 Å². The molecule has 3 nitrogen and oxygen atoms in total. The van der Waals surface area contributed by atoms with Crippen molar-refractivity contribution in [1.29, 1.82) is 0 Å². The number of anilines is 1. The van der Waals surface area contributed by atoms with Crippen molar-refractivity contribution in [3.05, 3.63) is 6.20 Å². The SMILES string of the molecule is c1nnsc1NC1CCCC12CCC2. The zero-order chi connectivity index (χ0) is 9.43. The molecule has 1 aromatic rings. The van der Waals surface area contributed by atoms with Gasteiger partial charge in [-0.15, -0.1) is 5.10 Å². The smallest absolute Gasteiger partial charge is 0.130 e. The molecule has 0 radical (unpaired) electrons. The first-order chi connectivity index (χ1) is 6.89. The van der Waals surface area contributed by atoms with E-state index in [2.05, 4.69) is 14.9 Å². The highest BCUT2D eigenvalue weighted by Gasteiger charge is 2.47. The molecule has 0 aliphatic heterocycles. The molecule has 1 unspecified atom stereocenters. The van der Waals surface area contributed by atoms with E-state index >= 15 is 0 Å². The van der Waals surface area contributed by atoms with Crippen molar-refractivity contribution in [1.82, 2.24) is 9.59 Å². The van der Waals surface area contributed by atoms with Crippen LogP contribution in [-0.4, -0.2) is 15.6 Å². The van der Waals surface area contributed by atoms with Gasteiger partial charge in [-0.1, -0.05) is 17.3 Å². The number of hydrogen-bond donors (Lipinski definition) is 1. The highest BCUT2D eigenvalue weighted by molar-refractivity contribution is 7.09. The standard InChI is InChI=1S/C10H15N3S/c1-3-8(10(4-1)5-2-6-10)12-9-7-11-13-14-9/h7-8,12H,1-6H2. The number of hydrogen-bond acceptors (Lipinski definition) is 4. The first-order valence-corrected chi connectivity index (χ1v) is 6.20. The van der Waals surface area contributed by atoms with Gasteiger partial charge in [-0.25, -0.2) is 0 Å². The fourth-order valence-corrected chi connectivity index (χ4v) is 3.47. The molecule has 2 saturated carbocycles. The molecule has 1 spiro atoms. The van der Waals surface area contributed by atoms with Crippen LogP contribution in [0.3, 0.4) is 0 Å². The molecule has 2 aliphatic rings. The molecule has 1 aromatic heterocycles. The summed E-state index contributed by atoms with van der Waals surface area (Å²) in [6.45, 7) is 0. The van der Waals surface area contributed by atoms with Crippen molar-refractivity contribution in [2.45, 2.75) is 44.6 Å². The van der Waals surface area contributed by atoms with E-state index in [1.54, 1.807) is 0 Å². The zero-order valence-electron chi connectivity index (χ0n) is 8.20. The normalized spacial score (nSPS) is 29.0. The Labute approximate surface area is 88.1 Å². The Kier molecular flexibility index (Phi) is 1.97. The predicted molar refractivity (Wildman–Crippen MR) is 57.5 cm³/mol. The molecule has 3 rings (SSSR count). The van der Waals surface area contributed by atoms with Crippen LogP contribution in [0.5, 0.6) is 0 Å². The first-order valence-electron chi connectivity index (χ1n) is 5.43. The van der Waals surface area contributed by atoms with Crippen LogP contribution in [0.15, 0.2) is 6.20 Å². The second kappa shape index (κ2) is 3.19. The molecule has 4 heteroatoms. The molecule has 1 heterocycles. The third-order valence-corrected chi connectivity index (χ3v) is 4.53. The molecular formula is C10H15N3S. The lowest BCUT2D eigenvalue weighted by molar-refractivity contribution is 0.129. The fraction of sp³-hybridized carbons (Fsp3) is 0.800. The first kappa shape index (κ1) is 8.65. The van der Waals surface area contributed by atoms with Crippen molar-refractivity contribution >= 4 is 16.5 Å². The predicted octanol–water partition coefficient (Wildman–Crippen LogP) is 2.67. The Morgan fingerprint density at radius 1 is 1.36 bits per heavy atom. The third kappa shape index (κ3) is 1.24. The van der Waals surface area contributed by atoms with E-state index in [0.717, 1.165) is 5.00 Å². The van der Waals surface area contributed by atoms with Gasteiger partial charge in [-0.05, 0) is 31.1 Å². The quantitative estimate of drug-likeness (QED) is 0.813. The van der Waals surface area contributed by atoms with Gasteiger partial charge in [0.15, 0.2) is 0 Å².